The third-order valence-electron chi connectivity index (χ3n) is 2.75. The van der Waals surface area contributed by atoms with Crippen molar-refractivity contribution >= 4 is 17.3 Å². The summed E-state index contributed by atoms with van der Waals surface area (Å²) in [7, 11) is 0. The first-order valence-electron chi connectivity index (χ1n) is 5.96. The van der Waals surface area contributed by atoms with E-state index in [9.17, 15) is 9.90 Å². The Bertz CT molecular complexity index is 690. The minimum absolute atomic E-state index is 0.0526. The molecule has 2 rings (SSSR count). The average Bonchev–Trinajstić information content (AvgIpc) is 2.43. The first-order chi connectivity index (χ1) is 9.58. The third-order valence-corrected chi connectivity index (χ3v) is 2.75. The van der Waals surface area contributed by atoms with Crippen molar-refractivity contribution in [2.75, 3.05) is 11.1 Å². The summed E-state index contributed by atoms with van der Waals surface area (Å²) in [5.41, 5.74) is 7.77. The van der Waals surface area contributed by atoms with E-state index in [1.807, 2.05) is 6.07 Å². The Morgan fingerprint density at radius 1 is 1.30 bits per heavy atom. The van der Waals surface area contributed by atoms with Gasteiger partial charge in [0.1, 0.15) is 5.75 Å². The van der Waals surface area contributed by atoms with Crippen molar-refractivity contribution < 1.29 is 9.90 Å². The zero-order valence-corrected chi connectivity index (χ0v) is 10.6. The number of amides is 1. The molecule has 0 fully saturated rings. The van der Waals surface area contributed by atoms with Crippen molar-refractivity contribution in [1.29, 1.82) is 5.26 Å². The molecule has 2 aromatic carbocycles. The van der Waals surface area contributed by atoms with E-state index in [4.69, 9.17) is 11.0 Å². The number of hydrogen-bond acceptors (Lipinski definition) is 4. The Morgan fingerprint density at radius 3 is 2.85 bits per heavy atom. The zero-order valence-electron chi connectivity index (χ0n) is 10.6. The fourth-order valence-electron chi connectivity index (χ4n) is 1.79. The molecule has 0 saturated heterocycles. The largest absolute Gasteiger partial charge is 0.508 e. The van der Waals surface area contributed by atoms with Crippen LogP contribution in [0.15, 0.2) is 42.5 Å². The van der Waals surface area contributed by atoms with E-state index in [-0.39, 0.29) is 18.1 Å². The molecule has 0 aromatic heterocycles. The predicted octanol–water partition coefficient (Wildman–Crippen LogP) is 2.03. The third kappa shape index (κ3) is 3.27. The van der Waals surface area contributed by atoms with Crippen LogP contribution in [0.25, 0.3) is 0 Å². The van der Waals surface area contributed by atoms with Crippen LogP contribution in [0, 0.1) is 11.3 Å². The van der Waals surface area contributed by atoms with E-state index in [1.165, 1.54) is 12.1 Å². The van der Waals surface area contributed by atoms with Gasteiger partial charge in [-0.1, -0.05) is 6.07 Å². The fourth-order valence-corrected chi connectivity index (χ4v) is 1.79. The van der Waals surface area contributed by atoms with Gasteiger partial charge >= 0.3 is 0 Å². The van der Waals surface area contributed by atoms with Crippen LogP contribution >= 0.6 is 0 Å². The van der Waals surface area contributed by atoms with Crippen molar-refractivity contribution in [1.82, 2.24) is 0 Å². The fraction of sp³-hybridized carbons (Fsp3) is 0.0667. The molecule has 5 heteroatoms. The Morgan fingerprint density at radius 2 is 2.10 bits per heavy atom. The summed E-state index contributed by atoms with van der Waals surface area (Å²) in [6.45, 7) is 0. The highest BCUT2D eigenvalue weighted by molar-refractivity contribution is 5.93. The zero-order chi connectivity index (χ0) is 14.5. The Labute approximate surface area is 116 Å². The molecule has 20 heavy (non-hydrogen) atoms. The van der Waals surface area contributed by atoms with Gasteiger partial charge in [-0.2, -0.15) is 5.26 Å². The van der Waals surface area contributed by atoms with E-state index < -0.39 is 0 Å². The molecule has 0 radical (unpaired) electrons. The minimum Gasteiger partial charge on any atom is -0.508 e. The molecule has 5 nitrogen and oxygen atoms in total. The molecular weight excluding hydrogens is 254 g/mol. The van der Waals surface area contributed by atoms with E-state index in [1.54, 1.807) is 30.3 Å². The molecule has 0 atom stereocenters. The maximum Gasteiger partial charge on any atom is 0.228 e. The number of phenolic OH excluding ortho intramolecular Hbond substituents is 1. The Hall–Kier alpha value is -3.00. The lowest BCUT2D eigenvalue weighted by Gasteiger charge is -2.08. The second kappa shape index (κ2) is 5.76. The van der Waals surface area contributed by atoms with Crippen molar-refractivity contribution in [3.63, 3.8) is 0 Å². The number of phenols is 1. The van der Waals surface area contributed by atoms with Crippen molar-refractivity contribution in [3.05, 3.63) is 53.6 Å². The Balaban J connectivity index is 2.09. The van der Waals surface area contributed by atoms with E-state index in [2.05, 4.69) is 5.32 Å². The van der Waals surface area contributed by atoms with Gasteiger partial charge in [-0.3, -0.25) is 4.79 Å². The van der Waals surface area contributed by atoms with Gasteiger partial charge < -0.3 is 16.2 Å². The molecule has 0 unspecified atom stereocenters. The second-order valence-electron chi connectivity index (χ2n) is 4.30. The smallest absolute Gasteiger partial charge is 0.228 e. The highest BCUT2D eigenvalue weighted by Gasteiger charge is 2.08. The Kier molecular flexibility index (Phi) is 3.87. The van der Waals surface area contributed by atoms with Crippen LogP contribution in [0.2, 0.25) is 0 Å². The predicted molar refractivity (Wildman–Crippen MR) is 76.0 cm³/mol. The van der Waals surface area contributed by atoms with E-state index >= 15 is 0 Å². The average molecular weight is 267 g/mol. The lowest BCUT2D eigenvalue weighted by atomic mass is 10.1. The molecule has 4 N–H and O–H groups in total. The van der Waals surface area contributed by atoms with Crippen molar-refractivity contribution in [3.8, 4) is 11.8 Å². The summed E-state index contributed by atoms with van der Waals surface area (Å²) in [6.07, 6.45) is 0.0526. The minimum atomic E-state index is -0.266. The number of benzene rings is 2. The van der Waals surface area contributed by atoms with Gasteiger partial charge in [0.15, 0.2) is 0 Å². The highest BCUT2D eigenvalue weighted by Crippen LogP contribution is 2.19. The number of nitrogen functional groups attached to an aromatic ring is 1. The van der Waals surface area contributed by atoms with Crippen LogP contribution in [0.4, 0.5) is 11.4 Å². The summed E-state index contributed by atoms with van der Waals surface area (Å²) >= 11 is 0. The van der Waals surface area contributed by atoms with Gasteiger partial charge in [0.25, 0.3) is 0 Å². The van der Waals surface area contributed by atoms with Gasteiger partial charge in [-0.15, -0.1) is 0 Å². The normalized spacial score (nSPS) is 9.75. The number of carbonyl (C=O) groups is 1. The maximum absolute atomic E-state index is 11.9. The molecular formula is C15H13N3O2. The molecule has 0 bridgehead atoms. The van der Waals surface area contributed by atoms with Gasteiger partial charge in [-0.25, -0.2) is 0 Å². The lowest BCUT2D eigenvalue weighted by molar-refractivity contribution is -0.115. The molecule has 1 amide bonds. The molecule has 0 aliphatic heterocycles. The molecule has 0 aliphatic rings. The van der Waals surface area contributed by atoms with Crippen LogP contribution in [0.5, 0.6) is 5.75 Å². The van der Waals surface area contributed by atoms with Gasteiger partial charge in [0, 0.05) is 11.4 Å². The number of carbonyl (C=O) groups excluding carboxylic acids is 1. The number of hydrogen-bond donors (Lipinski definition) is 3. The number of nitrogens with two attached hydrogens (primary N) is 1. The SMILES string of the molecule is N#Cc1cccc(NC(=O)Cc2cc(O)ccc2N)c1. The second-order valence-corrected chi connectivity index (χ2v) is 4.30. The van der Waals surface area contributed by atoms with Crippen LogP contribution in [0.3, 0.4) is 0 Å². The molecule has 0 saturated carbocycles. The quantitative estimate of drug-likeness (QED) is 0.585. The van der Waals surface area contributed by atoms with Crippen molar-refractivity contribution in [2.45, 2.75) is 6.42 Å². The number of aromatic hydroxyl groups is 1. The number of nitrogens with one attached hydrogen (secondary N) is 1. The number of nitrogens with zero attached hydrogens (tertiary/aromatic N) is 1. The van der Waals surface area contributed by atoms with Crippen LogP contribution in [0.1, 0.15) is 11.1 Å². The summed E-state index contributed by atoms with van der Waals surface area (Å²) in [4.78, 5) is 11.9. The van der Waals surface area contributed by atoms with Crippen LogP contribution < -0.4 is 11.1 Å². The lowest BCUT2D eigenvalue weighted by Crippen LogP contribution is -2.15. The maximum atomic E-state index is 11.9. The number of nitriles is 1. The van der Waals surface area contributed by atoms with E-state index in [0.717, 1.165) is 0 Å². The topological polar surface area (TPSA) is 99.1 Å². The number of rotatable bonds is 3. The summed E-state index contributed by atoms with van der Waals surface area (Å²) < 4.78 is 0. The molecule has 0 heterocycles. The molecule has 0 spiro atoms. The standard InChI is InChI=1S/C15H13N3O2/c16-9-10-2-1-3-12(6-10)18-15(20)8-11-7-13(19)4-5-14(11)17/h1-7,19H,8,17H2,(H,18,20). The highest BCUT2D eigenvalue weighted by atomic mass is 16.3. The summed E-state index contributed by atoms with van der Waals surface area (Å²) in [6, 6.07) is 13.1. The summed E-state index contributed by atoms with van der Waals surface area (Å²) in [5, 5.41) is 20.9. The van der Waals surface area contributed by atoms with Crippen LogP contribution in [-0.4, -0.2) is 11.0 Å². The van der Waals surface area contributed by atoms with Gasteiger partial charge in [0.2, 0.25) is 5.91 Å². The first-order valence-corrected chi connectivity index (χ1v) is 5.96. The van der Waals surface area contributed by atoms with Crippen LogP contribution in [-0.2, 0) is 11.2 Å². The van der Waals surface area contributed by atoms with Gasteiger partial charge in [0.05, 0.1) is 18.1 Å². The molecule has 0 aliphatic carbocycles. The number of anilines is 2. The first kappa shape index (κ1) is 13.4. The van der Waals surface area contributed by atoms with Crippen molar-refractivity contribution in [2.24, 2.45) is 0 Å². The monoisotopic (exact) mass is 267 g/mol. The molecule has 100 valence electrons. The van der Waals surface area contributed by atoms with E-state index in [0.29, 0.717) is 22.5 Å². The van der Waals surface area contributed by atoms with Gasteiger partial charge in [-0.05, 0) is 42.0 Å². The summed E-state index contributed by atoms with van der Waals surface area (Å²) in [5.74, 6) is -0.203. The molecule has 2 aromatic rings.